The minimum absolute atomic E-state index is 0.0226. The maximum atomic E-state index is 14.0. The van der Waals surface area contributed by atoms with E-state index in [2.05, 4.69) is 53.4 Å². The molecular weight excluding hydrogens is 886 g/mol. The monoisotopic (exact) mass is 945 g/mol. The molecule has 17 heteroatoms. The number of β-amino-alcohol motifs (C(OH)–C–C–N with tert-alkyl or cyclic N) is 1. The lowest BCUT2D eigenvalue weighted by atomic mass is 9.85. The second kappa shape index (κ2) is 24.4. The van der Waals surface area contributed by atoms with E-state index in [-0.39, 0.29) is 54.9 Å². The van der Waals surface area contributed by atoms with Gasteiger partial charge in [0.1, 0.15) is 17.8 Å². The Bertz CT molecular complexity index is 2570. The summed E-state index contributed by atoms with van der Waals surface area (Å²) in [6, 6.07) is 17.7. The summed E-state index contributed by atoms with van der Waals surface area (Å²) < 4.78 is 13.6. The number of amides is 5. The standard InChI is InChI=1S/C51H60FN9O6S/c1-33-46(68-32-57-33)37-18-15-36(16-19-37)28-56-48(65)43-25-41(63)30-61(43)49(66)47(51(2,3)4)60-45(64)10-8-6-5-7-9-22-53-27-35-13-11-34(12-14-35)17-20-39-24-40(21-23-54-39)58-50(67)59-42-26-44(52)55-29-38(42)31-62/h11-16,18-19,21,23-24,26,29,32,41,43,47,53,62-63H,5-10,22,25,27-28,30-31H2,1-4H3,(H,56,65)(H,60,64)(H2,54,55,58,59,67)/t41-,43+,47?/m1/s1. The van der Waals surface area contributed by atoms with Gasteiger partial charge in [-0.25, -0.2) is 19.7 Å². The maximum absolute atomic E-state index is 14.0. The molecule has 5 aromatic rings. The van der Waals surface area contributed by atoms with Crippen molar-refractivity contribution in [2.75, 3.05) is 23.7 Å². The summed E-state index contributed by atoms with van der Waals surface area (Å²) in [6.07, 6.45) is 6.79. The number of aliphatic hydroxyl groups excluding tert-OH is 2. The average molecular weight is 946 g/mol. The van der Waals surface area contributed by atoms with E-state index in [1.165, 1.54) is 11.1 Å². The summed E-state index contributed by atoms with van der Waals surface area (Å²) in [5.74, 6) is 4.38. The van der Waals surface area contributed by atoms with E-state index in [4.69, 9.17) is 0 Å². The number of carbonyl (C=O) groups excluding carboxylic acids is 4. The SMILES string of the molecule is Cc1ncsc1-c1ccc(CNC(=O)[C@@H]2C[C@@H](O)CN2C(=O)C(NC(=O)CCCCCCCNCc2ccc(C#Cc3cc(NC(=O)Nc4cc(F)ncc4CO)ccn3)cc2)C(C)(C)C)cc1. The topological polar surface area (TPSA) is 211 Å². The molecule has 0 bridgehead atoms. The van der Waals surface area contributed by atoms with Crippen molar-refractivity contribution in [2.45, 2.75) is 111 Å². The molecule has 358 valence electrons. The molecule has 3 aromatic heterocycles. The first-order valence-corrected chi connectivity index (χ1v) is 23.7. The fourth-order valence-corrected chi connectivity index (χ4v) is 8.53. The fraction of sp³-hybridized carbons (Fsp3) is 0.392. The van der Waals surface area contributed by atoms with Crippen LogP contribution in [0.1, 0.15) is 99.4 Å². The van der Waals surface area contributed by atoms with Crippen LogP contribution in [0.15, 0.2) is 84.6 Å². The highest BCUT2D eigenvalue weighted by Gasteiger charge is 2.44. The number of aryl methyl sites for hydroxylation is 1. The van der Waals surface area contributed by atoms with Crippen molar-refractivity contribution in [3.05, 3.63) is 124 Å². The van der Waals surface area contributed by atoms with Gasteiger partial charge in [0.2, 0.25) is 23.7 Å². The van der Waals surface area contributed by atoms with Gasteiger partial charge in [0.05, 0.1) is 34.5 Å². The molecule has 68 heavy (non-hydrogen) atoms. The number of aliphatic hydroxyl groups is 2. The van der Waals surface area contributed by atoms with Gasteiger partial charge >= 0.3 is 6.03 Å². The van der Waals surface area contributed by atoms with Crippen LogP contribution in [-0.2, 0) is 34.1 Å². The highest BCUT2D eigenvalue weighted by Crippen LogP contribution is 2.29. The highest BCUT2D eigenvalue weighted by molar-refractivity contribution is 7.13. The van der Waals surface area contributed by atoms with Gasteiger partial charge < -0.3 is 41.7 Å². The van der Waals surface area contributed by atoms with Crippen molar-refractivity contribution < 1.29 is 33.8 Å². The third-order valence-electron chi connectivity index (χ3n) is 11.5. The number of likely N-dealkylation sites (tertiary alicyclic amines) is 1. The first kappa shape index (κ1) is 50.8. The lowest BCUT2D eigenvalue weighted by Gasteiger charge is -2.35. The largest absolute Gasteiger partial charge is 0.392 e. The number of unbranched alkanes of at least 4 members (excludes halogenated alkanes) is 4. The summed E-state index contributed by atoms with van der Waals surface area (Å²) in [7, 11) is 0. The normalized spacial score (nSPS) is 15.0. The van der Waals surface area contributed by atoms with Crippen LogP contribution in [-0.4, -0.2) is 85.1 Å². The van der Waals surface area contributed by atoms with Gasteiger partial charge in [-0.1, -0.05) is 82.4 Å². The molecule has 1 saturated heterocycles. The third kappa shape index (κ3) is 15.0. The van der Waals surface area contributed by atoms with E-state index in [0.717, 1.165) is 77.3 Å². The van der Waals surface area contributed by atoms with Crippen molar-refractivity contribution in [1.82, 2.24) is 35.8 Å². The van der Waals surface area contributed by atoms with Crippen molar-refractivity contribution in [3.63, 3.8) is 0 Å². The van der Waals surface area contributed by atoms with Crippen LogP contribution in [0.2, 0.25) is 0 Å². The molecule has 0 radical (unpaired) electrons. The number of thiazole rings is 1. The quantitative estimate of drug-likeness (QED) is 0.0261. The molecule has 0 saturated carbocycles. The van der Waals surface area contributed by atoms with Gasteiger partial charge in [-0.15, -0.1) is 11.3 Å². The number of rotatable bonds is 19. The summed E-state index contributed by atoms with van der Waals surface area (Å²) >= 11 is 1.58. The Morgan fingerprint density at radius 3 is 2.34 bits per heavy atom. The predicted octanol–water partition coefficient (Wildman–Crippen LogP) is 6.82. The number of hydrogen-bond acceptors (Lipinski definition) is 11. The number of urea groups is 1. The minimum atomic E-state index is -0.863. The predicted molar refractivity (Wildman–Crippen MR) is 260 cm³/mol. The molecule has 1 aliphatic heterocycles. The molecule has 7 N–H and O–H groups in total. The van der Waals surface area contributed by atoms with E-state index >= 15 is 0 Å². The van der Waals surface area contributed by atoms with E-state index in [1.54, 1.807) is 23.5 Å². The first-order valence-electron chi connectivity index (χ1n) is 22.8. The molecule has 15 nitrogen and oxygen atoms in total. The summed E-state index contributed by atoms with van der Waals surface area (Å²) in [5.41, 5.74) is 7.30. The molecule has 2 aromatic carbocycles. The first-order chi connectivity index (χ1) is 32.7. The fourth-order valence-electron chi connectivity index (χ4n) is 7.72. The summed E-state index contributed by atoms with van der Waals surface area (Å²) in [5, 5.41) is 34.6. The Kier molecular flexibility index (Phi) is 18.3. The zero-order valence-electron chi connectivity index (χ0n) is 38.9. The Morgan fingerprint density at radius 1 is 0.897 bits per heavy atom. The second-order valence-corrected chi connectivity index (χ2v) is 18.8. The van der Waals surface area contributed by atoms with E-state index < -0.39 is 42.2 Å². The van der Waals surface area contributed by atoms with Crippen LogP contribution in [0.25, 0.3) is 10.4 Å². The molecule has 0 spiro atoms. The number of halogens is 1. The van der Waals surface area contributed by atoms with Crippen LogP contribution in [0, 0.1) is 30.1 Å². The van der Waals surface area contributed by atoms with E-state index in [9.17, 15) is 33.8 Å². The van der Waals surface area contributed by atoms with Gasteiger partial charge in [0.25, 0.3) is 0 Å². The van der Waals surface area contributed by atoms with Gasteiger partial charge in [0, 0.05) is 67.8 Å². The summed E-state index contributed by atoms with van der Waals surface area (Å²) in [6.45, 7) is 9.05. The van der Waals surface area contributed by atoms with Crippen LogP contribution in [0.5, 0.6) is 0 Å². The third-order valence-corrected chi connectivity index (χ3v) is 12.5. The number of aromatic nitrogens is 3. The van der Waals surface area contributed by atoms with Crippen molar-refractivity contribution in [1.29, 1.82) is 0 Å². The van der Waals surface area contributed by atoms with Crippen LogP contribution >= 0.6 is 11.3 Å². The lowest BCUT2D eigenvalue weighted by molar-refractivity contribution is -0.144. The van der Waals surface area contributed by atoms with Crippen LogP contribution in [0.3, 0.4) is 0 Å². The zero-order valence-corrected chi connectivity index (χ0v) is 39.7. The van der Waals surface area contributed by atoms with Crippen LogP contribution < -0.4 is 26.6 Å². The smallest absolute Gasteiger partial charge is 0.323 e. The molecular formula is C51H60FN9O6S. The van der Waals surface area contributed by atoms with Gasteiger partial charge in [-0.3, -0.25) is 14.4 Å². The lowest BCUT2D eigenvalue weighted by Crippen LogP contribution is -2.57. The molecule has 5 amide bonds. The molecule has 3 atom stereocenters. The molecule has 4 heterocycles. The van der Waals surface area contributed by atoms with Crippen LogP contribution in [0.4, 0.5) is 20.6 Å². The van der Waals surface area contributed by atoms with E-state index in [0.29, 0.717) is 24.3 Å². The van der Waals surface area contributed by atoms with Gasteiger partial charge in [0.15, 0.2) is 0 Å². The molecule has 1 fully saturated rings. The molecule has 1 unspecified atom stereocenters. The Morgan fingerprint density at radius 2 is 1.62 bits per heavy atom. The molecule has 6 rings (SSSR count). The number of hydrogen-bond donors (Lipinski definition) is 7. The Hall–Kier alpha value is -6.58. The van der Waals surface area contributed by atoms with Crippen molar-refractivity contribution in [3.8, 4) is 22.3 Å². The van der Waals surface area contributed by atoms with Crippen molar-refractivity contribution >= 4 is 46.5 Å². The zero-order chi connectivity index (χ0) is 48.6. The number of benzene rings is 2. The minimum Gasteiger partial charge on any atom is -0.392 e. The maximum Gasteiger partial charge on any atom is 0.323 e. The number of nitrogens with one attached hydrogen (secondary N) is 5. The van der Waals surface area contributed by atoms with Gasteiger partial charge in [-0.2, -0.15) is 4.39 Å². The van der Waals surface area contributed by atoms with E-state index in [1.807, 2.05) is 81.7 Å². The second-order valence-electron chi connectivity index (χ2n) is 17.9. The molecule has 0 aliphatic carbocycles. The average Bonchev–Trinajstić information content (AvgIpc) is 3.93. The molecule has 1 aliphatic rings. The number of nitrogens with zero attached hydrogens (tertiary/aromatic N) is 4. The number of pyridine rings is 2. The highest BCUT2D eigenvalue weighted by atomic mass is 32.1. The number of carbonyl (C=O) groups is 4. The van der Waals surface area contributed by atoms with Gasteiger partial charge in [-0.05, 0) is 78.6 Å². The number of anilines is 2. The Labute approximate surface area is 400 Å². The summed E-state index contributed by atoms with van der Waals surface area (Å²) in [4.78, 5) is 67.7. The Balaban J connectivity index is 0.856. The van der Waals surface area contributed by atoms with Crippen molar-refractivity contribution in [2.24, 2.45) is 5.41 Å².